The van der Waals surface area contributed by atoms with E-state index in [4.69, 9.17) is 4.84 Å². The van der Waals surface area contributed by atoms with Crippen molar-refractivity contribution < 1.29 is 9.63 Å². The average Bonchev–Trinajstić information content (AvgIpc) is 2.85. The van der Waals surface area contributed by atoms with Gasteiger partial charge in [-0.2, -0.15) is 5.48 Å². The molecular weight excluding hydrogens is 216 g/mol. The minimum atomic E-state index is -0.281. The van der Waals surface area contributed by atoms with E-state index in [0.29, 0.717) is 6.10 Å². The lowest BCUT2D eigenvalue weighted by Crippen LogP contribution is -2.46. The van der Waals surface area contributed by atoms with Crippen LogP contribution in [0.1, 0.15) is 59.3 Å². The molecule has 0 heterocycles. The highest BCUT2D eigenvalue weighted by molar-refractivity contribution is 5.81. The normalized spacial score (nSPS) is 18.6. The topological polar surface area (TPSA) is 50.4 Å². The molecule has 0 aromatic carbocycles. The van der Waals surface area contributed by atoms with Crippen molar-refractivity contribution in [3.8, 4) is 0 Å². The van der Waals surface area contributed by atoms with E-state index in [1.807, 2.05) is 6.92 Å². The van der Waals surface area contributed by atoms with Crippen LogP contribution in [0.15, 0.2) is 0 Å². The zero-order valence-corrected chi connectivity index (χ0v) is 11.3. The van der Waals surface area contributed by atoms with Crippen molar-refractivity contribution in [2.24, 2.45) is 0 Å². The molecule has 1 saturated carbocycles. The van der Waals surface area contributed by atoms with Crippen molar-refractivity contribution in [1.29, 1.82) is 0 Å². The Bertz CT molecular complexity index is 223. The van der Waals surface area contributed by atoms with E-state index >= 15 is 0 Å². The number of nitrogens with one attached hydrogen (secondary N) is 2. The summed E-state index contributed by atoms with van der Waals surface area (Å²) in [5.41, 5.74) is 2.87. The molecule has 2 N–H and O–H groups in total. The Kier molecular flexibility index (Phi) is 6.52. The maximum absolute atomic E-state index is 11.8. The third-order valence-electron chi connectivity index (χ3n) is 3.44. The van der Waals surface area contributed by atoms with Crippen LogP contribution in [0.25, 0.3) is 0 Å². The van der Waals surface area contributed by atoms with Gasteiger partial charge in [0.05, 0.1) is 6.10 Å². The molecule has 1 rings (SSSR count). The Labute approximate surface area is 104 Å². The lowest BCUT2D eigenvalue weighted by Gasteiger charge is -2.20. The molecule has 0 saturated heterocycles. The van der Waals surface area contributed by atoms with Gasteiger partial charge in [0, 0.05) is 6.04 Å². The maximum Gasteiger partial charge on any atom is 0.239 e. The van der Waals surface area contributed by atoms with Crippen molar-refractivity contribution in [1.82, 2.24) is 10.8 Å². The Hall–Kier alpha value is -0.610. The van der Waals surface area contributed by atoms with Gasteiger partial charge in [-0.1, -0.05) is 26.7 Å². The van der Waals surface area contributed by atoms with Crippen LogP contribution in [0, 0.1) is 0 Å². The second kappa shape index (κ2) is 7.67. The van der Waals surface area contributed by atoms with E-state index in [0.717, 1.165) is 25.7 Å². The average molecular weight is 242 g/mol. The lowest BCUT2D eigenvalue weighted by atomic mass is 10.1. The molecule has 0 bridgehead atoms. The van der Waals surface area contributed by atoms with Crippen molar-refractivity contribution in [2.75, 3.05) is 0 Å². The summed E-state index contributed by atoms with van der Waals surface area (Å²) < 4.78 is 0. The van der Waals surface area contributed by atoms with E-state index in [1.54, 1.807) is 0 Å². The van der Waals surface area contributed by atoms with E-state index < -0.39 is 0 Å². The van der Waals surface area contributed by atoms with Gasteiger partial charge in [-0.25, -0.2) is 0 Å². The highest BCUT2D eigenvalue weighted by atomic mass is 16.7. The highest BCUT2D eigenvalue weighted by Gasteiger charge is 2.20. The minimum Gasteiger partial charge on any atom is -0.352 e. The molecule has 1 atom stereocenters. The van der Waals surface area contributed by atoms with Crippen LogP contribution in [0.3, 0.4) is 0 Å². The predicted octanol–water partition coefficient (Wildman–Crippen LogP) is 2.14. The molecule has 17 heavy (non-hydrogen) atoms. The SMILES string of the molecule is CCC(CC)NC(=O)C(C)NOC1CCCC1. The molecule has 1 unspecified atom stereocenters. The molecule has 1 aliphatic rings. The Morgan fingerprint density at radius 2 is 1.88 bits per heavy atom. The van der Waals surface area contributed by atoms with Gasteiger partial charge in [-0.05, 0) is 32.6 Å². The standard InChI is InChI=1S/C13H26N2O2/c1-4-11(5-2)14-13(16)10(3)15-17-12-8-6-7-9-12/h10-12,15H,4-9H2,1-3H3,(H,14,16). The van der Waals surface area contributed by atoms with Gasteiger partial charge >= 0.3 is 0 Å². The van der Waals surface area contributed by atoms with Crippen LogP contribution in [0.5, 0.6) is 0 Å². The number of hydrogen-bond acceptors (Lipinski definition) is 3. The summed E-state index contributed by atoms with van der Waals surface area (Å²) in [7, 11) is 0. The zero-order valence-electron chi connectivity index (χ0n) is 11.3. The first kappa shape index (κ1) is 14.5. The second-order valence-electron chi connectivity index (χ2n) is 4.89. The Morgan fingerprint density at radius 3 is 2.41 bits per heavy atom. The number of carbonyl (C=O) groups excluding carboxylic acids is 1. The fourth-order valence-corrected chi connectivity index (χ4v) is 2.08. The molecule has 1 aliphatic carbocycles. The summed E-state index contributed by atoms with van der Waals surface area (Å²) in [6, 6.07) is -0.00516. The van der Waals surface area contributed by atoms with E-state index in [9.17, 15) is 4.79 Å². The molecule has 1 amide bonds. The van der Waals surface area contributed by atoms with Crippen LogP contribution >= 0.6 is 0 Å². The fraction of sp³-hybridized carbons (Fsp3) is 0.923. The highest BCUT2D eigenvalue weighted by Crippen LogP contribution is 2.19. The van der Waals surface area contributed by atoms with Crippen molar-refractivity contribution in [2.45, 2.75) is 77.5 Å². The van der Waals surface area contributed by atoms with E-state index in [-0.39, 0.29) is 18.0 Å². The van der Waals surface area contributed by atoms with Crippen molar-refractivity contribution in [3.05, 3.63) is 0 Å². The summed E-state index contributed by atoms with van der Waals surface area (Å²) in [6.45, 7) is 6.01. The number of rotatable bonds is 7. The molecule has 0 radical (unpaired) electrons. The molecule has 4 heteroatoms. The van der Waals surface area contributed by atoms with Gasteiger partial charge in [0.15, 0.2) is 0 Å². The van der Waals surface area contributed by atoms with Gasteiger partial charge in [0.1, 0.15) is 6.04 Å². The van der Waals surface area contributed by atoms with Gasteiger partial charge < -0.3 is 5.32 Å². The predicted molar refractivity (Wildman–Crippen MR) is 68.5 cm³/mol. The third-order valence-corrected chi connectivity index (χ3v) is 3.44. The molecule has 0 aromatic rings. The summed E-state index contributed by atoms with van der Waals surface area (Å²) in [4.78, 5) is 17.3. The quantitative estimate of drug-likeness (QED) is 0.673. The first-order valence-electron chi connectivity index (χ1n) is 6.88. The van der Waals surface area contributed by atoms with Crippen molar-refractivity contribution in [3.63, 3.8) is 0 Å². The summed E-state index contributed by atoms with van der Waals surface area (Å²) in [5.74, 6) is 0.0247. The number of hydrogen-bond donors (Lipinski definition) is 2. The number of amides is 1. The van der Waals surface area contributed by atoms with Crippen molar-refractivity contribution >= 4 is 5.91 Å². The van der Waals surface area contributed by atoms with Gasteiger partial charge in [-0.15, -0.1) is 0 Å². The van der Waals surface area contributed by atoms with E-state index in [1.165, 1.54) is 12.8 Å². The summed E-state index contributed by atoms with van der Waals surface area (Å²) >= 11 is 0. The maximum atomic E-state index is 11.8. The second-order valence-corrected chi connectivity index (χ2v) is 4.89. The molecular formula is C13H26N2O2. The number of carbonyl (C=O) groups is 1. The monoisotopic (exact) mass is 242 g/mol. The third kappa shape index (κ3) is 5.04. The first-order chi connectivity index (χ1) is 8.17. The van der Waals surface area contributed by atoms with Crippen LogP contribution < -0.4 is 10.8 Å². The lowest BCUT2D eigenvalue weighted by molar-refractivity contribution is -0.129. The molecule has 0 aliphatic heterocycles. The molecule has 0 aromatic heterocycles. The van der Waals surface area contributed by atoms with Crippen LogP contribution in [-0.4, -0.2) is 24.1 Å². The smallest absolute Gasteiger partial charge is 0.239 e. The molecule has 1 fully saturated rings. The van der Waals surface area contributed by atoms with Crippen LogP contribution in [0.4, 0.5) is 0 Å². The largest absolute Gasteiger partial charge is 0.352 e. The van der Waals surface area contributed by atoms with Crippen LogP contribution in [0.2, 0.25) is 0 Å². The molecule has 100 valence electrons. The Morgan fingerprint density at radius 1 is 1.29 bits per heavy atom. The van der Waals surface area contributed by atoms with E-state index in [2.05, 4.69) is 24.6 Å². The molecule has 4 nitrogen and oxygen atoms in total. The minimum absolute atomic E-state index is 0.0247. The van der Waals surface area contributed by atoms with Gasteiger partial charge in [0.25, 0.3) is 0 Å². The summed E-state index contributed by atoms with van der Waals surface area (Å²) in [5, 5.41) is 3.01. The van der Waals surface area contributed by atoms with Gasteiger partial charge in [0.2, 0.25) is 5.91 Å². The fourth-order valence-electron chi connectivity index (χ4n) is 2.08. The van der Waals surface area contributed by atoms with Gasteiger partial charge in [-0.3, -0.25) is 9.63 Å². The number of hydroxylamine groups is 1. The Balaban J connectivity index is 2.21. The van der Waals surface area contributed by atoms with Crippen LogP contribution in [-0.2, 0) is 9.63 Å². The molecule has 0 spiro atoms. The summed E-state index contributed by atoms with van der Waals surface area (Å²) in [6.07, 6.45) is 6.92. The zero-order chi connectivity index (χ0) is 12.7. The first-order valence-corrected chi connectivity index (χ1v) is 6.88.